The van der Waals surface area contributed by atoms with Crippen LogP contribution in [0.2, 0.25) is 0 Å². The molecule has 0 bridgehead atoms. The Kier molecular flexibility index (Phi) is 7.42. The monoisotopic (exact) mass is 493 g/mol. The van der Waals surface area contributed by atoms with Crippen LogP contribution in [0.3, 0.4) is 0 Å². The summed E-state index contributed by atoms with van der Waals surface area (Å²) in [5.41, 5.74) is 1.15. The molecule has 0 radical (unpaired) electrons. The lowest BCUT2D eigenvalue weighted by Gasteiger charge is -2.16. The molecule has 0 aliphatic rings. The van der Waals surface area contributed by atoms with Gasteiger partial charge >= 0.3 is 0 Å². The van der Waals surface area contributed by atoms with Crippen LogP contribution < -0.4 is 19.9 Å². The maximum Gasteiger partial charge on any atom is 0.241 e. The fourth-order valence-corrected chi connectivity index (χ4v) is 5.48. The normalized spacial score (nSPS) is 13.0. The summed E-state index contributed by atoms with van der Waals surface area (Å²) in [6.07, 6.45) is 3.81. The molecule has 3 rings (SSSR count). The van der Waals surface area contributed by atoms with Crippen molar-refractivity contribution in [1.82, 2.24) is 14.3 Å². The molecule has 0 aliphatic carbocycles. The van der Waals surface area contributed by atoms with Crippen molar-refractivity contribution in [3.63, 3.8) is 0 Å². The second-order valence-corrected chi connectivity index (χ2v) is 10.7. The zero-order chi connectivity index (χ0) is 24.2. The second-order valence-electron chi connectivity index (χ2n) is 7.43. The van der Waals surface area contributed by atoms with Crippen molar-refractivity contribution in [2.45, 2.75) is 29.2 Å². The van der Waals surface area contributed by atoms with Gasteiger partial charge in [0.25, 0.3) is 0 Å². The highest BCUT2D eigenvalue weighted by Gasteiger charge is 2.24. The zero-order valence-corrected chi connectivity index (χ0v) is 20.2. The molecule has 0 fully saturated rings. The van der Waals surface area contributed by atoms with E-state index in [0.717, 1.165) is 17.4 Å². The molecule has 12 heteroatoms. The van der Waals surface area contributed by atoms with Crippen molar-refractivity contribution in [2.75, 3.05) is 19.0 Å². The van der Waals surface area contributed by atoms with Gasteiger partial charge in [0, 0.05) is 26.0 Å². The Hall–Kier alpha value is -2.93. The van der Waals surface area contributed by atoms with E-state index in [9.17, 15) is 16.8 Å². The molecule has 33 heavy (non-hydrogen) atoms. The summed E-state index contributed by atoms with van der Waals surface area (Å²) >= 11 is 0. The average molecular weight is 494 g/mol. The van der Waals surface area contributed by atoms with E-state index in [1.807, 2.05) is 24.3 Å². The maximum absolute atomic E-state index is 12.9. The Morgan fingerprint density at radius 3 is 2.52 bits per heavy atom. The summed E-state index contributed by atoms with van der Waals surface area (Å²) in [5.74, 6) is 1.24. The molecule has 3 aromatic rings. The third kappa shape index (κ3) is 5.90. The molecule has 0 saturated heterocycles. The number of rotatable bonds is 10. The van der Waals surface area contributed by atoms with Crippen LogP contribution in [0.1, 0.15) is 24.4 Å². The van der Waals surface area contributed by atoms with Crippen LogP contribution in [-0.4, -0.2) is 40.0 Å². The SMILES string of the molecule is COc1ccccc1CCNc1ccc(S(=O)(=O)NC(C)c2nccn2C)cc1S(N)(=O)=O. The molecule has 1 unspecified atom stereocenters. The van der Waals surface area contributed by atoms with Crippen molar-refractivity contribution in [3.8, 4) is 5.75 Å². The largest absolute Gasteiger partial charge is 0.496 e. The number of nitrogens with zero attached hydrogens (tertiary/aromatic N) is 2. The number of hydrogen-bond acceptors (Lipinski definition) is 7. The van der Waals surface area contributed by atoms with E-state index in [2.05, 4.69) is 15.0 Å². The third-order valence-corrected chi connectivity index (χ3v) is 7.54. The first-order valence-corrected chi connectivity index (χ1v) is 13.1. The number of hydrogen-bond donors (Lipinski definition) is 3. The van der Waals surface area contributed by atoms with Gasteiger partial charge in [0.1, 0.15) is 16.5 Å². The van der Waals surface area contributed by atoms with E-state index >= 15 is 0 Å². The number of nitrogens with two attached hydrogens (primary N) is 1. The van der Waals surface area contributed by atoms with Crippen LogP contribution in [-0.2, 0) is 33.5 Å². The van der Waals surface area contributed by atoms with Gasteiger partial charge in [0.05, 0.1) is 23.7 Å². The molecule has 1 atom stereocenters. The lowest BCUT2D eigenvalue weighted by Crippen LogP contribution is -2.29. The number of anilines is 1. The highest BCUT2D eigenvalue weighted by molar-refractivity contribution is 7.90. The molecule has 1 aromatic heterocycles. The van der Waals surface area contributed by atoms with Gasteiger partial charge in [0.2, 0.25) is 20.0 Å². The fourth-order valence-electron chi connectivity index (χ4n) is 3.44. The van der Waals surface area contributed by atoms with E-state index < -0.39 is 26.1 Å². The van der Waals surface area contributed by atoms with Crippen molar-refractivity contribution in [2.24, 2.45) is 12.2 Å². The minimum Gasteiger partial charge on any atom is -0.496 e. The minimum absolute atomic E-state index is 0.212. The highest BCUT2D eigenvalue weighted by atomic mass is 32.2. The van der Waals surface area contributed by atoms with Crippen molar-refractivity contribution >= 4 is 25.7 Å². The molecule has 0 saturated carbocycles. The molecule has 4 N–H and O–H groups in total. The summed E-state index contributed by atoms with van der Waals surface area (Å²) in [4.78, 5) is 3.61. The molecule has 2 aromatic carbocycles. The number of ether oxygens (including phenoxy) is 1. The van der Waals surface area contributed by atoms with Gasteiger partial charge in [-0.1, -0.05) is 18.2 Å². The summed E-state index contributed by atoms with van der Waals surface area (Å²) in [6.45, 7) is 2.03. The smallest absolute Gasteiger partial charge is 0.241 e. The van der Waals surface area contributed by atoms with Crippen LogP contribution in [0.5, 0.6) is 5.75 Å². The van der Waals surface area contributed by atoms with E-state index in [0.29, 0.717) is 18.8 Å². The maximum atomic E-state index is 12.9. The van der Waals surface area contributed by atoms with E-state index in [4.69, 9.17) is 9.88 Å². The number of aryl methyl sites for hydroxylation is 1. The van der Waals surface area contributed by atoms with E-state index in [1.165, 1.54) is 12.1 Å². The Morgan fingerprint density at radius 1 is 1.15 bits per heavy atom. The van der Waals surface area contributed by atoms with E-state index in [1.54, 1.807) is 38.0 Å². The zero-order valence-electron chi connectivity index (χ0n) is 18.5. The van der Waals surface area contributed by atoms with E-state index in [-0.39, 0.29) is 15.5 Å². The molecule has 0 aliphatic heterocycles. The number of aromatic nitrogens is 2. The van der Waals surface area contributed by atoms with Gasteiger partial charge < -0.3 is 14.6 Å². The number of methoxy groups -OCH3 is 1. The van der Waals surface area contributed by atoms with Gasteiger partial charge in [-0.25, -0.2) is 31.7 Å². The number of nitrogens with one attached hydrogen (secondary N) is 2. The molecule has 178 valence electrons. The Morgan fingerprint density at radius 2 is 1.88 bits per heavy atom. The highest BCUT2D eigenvalue weighted by Crippen LogP contribution is 2.26. The first-order valence-electron chi connectivity index (χ1n) is 10.0. The summed E-state index contributed by atoms with van der Waals surface area (Å²) in [7, 11) is -4.92. The number of para-hydroxylation sites is 1. The van der Waals surface area contributed by atoms with Crippen LogP contribution >= 0.6 is 0 Å². The third-order valence-electron chi connectivity index (χ3n) is 5.05. The molecule has 0 amide bonds. The first kappa shape index (κ1) is 24.7. The lowest BCUT2D eigenvalue weighted by atomic mass is 10.1. The second kappa shape index (κ2) is 9.91. The Balaban J connectivity index is 1.82. The molecular weight excluding hydrogens is 466 g/mol. The number of benzene rings is 2. The topological polar surface area (TPSA) is 145 Å². The van der Waals surface area contributed by atoms with Gasteiger partial charge in [-0.3, -0.25) is 0 Å². The van der Waals surface area contributed by atoms with Crippen molar-refractivity contribution in [3.05, 3.63) is 66.2 Å². The fraction of sp³-hybridized carbons (Fsp3) is 0.286. The van der Waals surface area contributed by atoms with Gasteiger partial charge in [-0.05, 0) is 43.2 Å². The van der Waals surface area contributed by atoms with Gasteiger partial charge in [0.15, 0.2) is 0 Å². The number of sulfonamides is 2. The predicted octanol–water partition coefficient (Wildman–Crippen LogP) is 1.77. The van der Waals surface area contributed by atoms with Crippen LogP contribution in [0.4, 0.5) is 5.69 Å². The van der Waals surface area contributed by atoms with Crippen molar-refractivity contribution in [1.29, 1.82) is 0 Å². The molecule has 0 spiro atoms. The Bertz CT molecular complexity index is 1340. The predicted molar refractivity (Wildman–Crippen MR) is 125 cm³/mol. The van der Waals surface area contributed by atoms with Crippen LogP contribution in [0, 0.1) is 0 Å². The van der Waals surface area contributed by atoms with Crippen LogP contribution in [0.25, 0.3) is 0 Å². The van der Waals surface area contributed by atoms with Gasteiger partial charge in [-0.2, -0.15) is 0 Å². The quantitative estimate of drug-likeness (QED) is 0.390. The average Bonchev–Trinajstić information content (AvgIpc) is 3.19. The number of primary sulfonamides is 1. The van der Waals surface area contributed by atoms with Crippen LogP contribution in [0.15, 0.2) is 64.6 Å². The summed E-state index contributed by atoms with van der Waals surface area (Å²) < 4.78 is 59.7. The Labute approximate surface area is 193 Å². The van der Waals surface area contributed by atoms with Gasteiger partial charge in [-0.15, -0.1) is 0 Å². The summed E-state index contributed by atoms with van der Waals surface area (Å²) in [5, 5.41) is 8.41. The summed E-state index contributed by atoms with van der Waals surface area (Å²) in [6, 6.07) is 10.6. The number of imidazole rings is 1. The lowest BCUT2D eigenvalue weighted by molar-refractivity contribution is 0.410. The molecule has 1 heterocycles. The van der Waals surface area contributed by atoms with Crippen molar-refractivity contribution < 1.29 is 21.6 Å². The minimum atomic E-state index is -4.20. The molecular formula is C21H27N5O5S2. The first-order chi connectivity index (χ1) is 15.5. The standard InChI is InChI=1S/C21H27N5O5S2/c1-15(21-24-12-13-26(21)2)25-33(29,30)17-8-9-18(20(14-17)32(22,27)28)23-11-10-16-6-4-5-7-19(16)31-3/h4-9,12-15,23,25H,10-11H2,1-3H3,(H2,22,27,28). The molecule has 10 nitrogen and oxygen atoms in total.